The van der Waals surface area contributed by atoms with Crippen LogP contribution in [-0.2, 0) is 0 Å². The lowest BCUT2D eigenvalue weighted by Gasteiger charge is -2.06. The summed E-state index contributed by atoms with van der Waals surface area (Å²) < 4.78 is 7.21. The summed E-state index contributed by atoms with van der Waals surface area (Å²) in [7, 11) is 1.67. The summed E-state index contributed by atoms with van der Waals surface area (Å²) in [6.07, 6.45) is 2.02. The van der Waals surface area contributed by atoms with Gasteiger partial charge in [-0.1, -0.05) is 0 Å². The van der Waals surface area contributed by atoms with Crippen molar-refractivity contribution in [2.24, 2.45) is 0 Å². The van der Waals surface area contributed by atoms with Crippen molar-refractivity contribution >= 4 is 22.1 Å². The number of nitrogens with zero attached hydrogens (tertiary/aromatic N) is 2. The van der Waals surface area contributed by atoms with Gasteiger partial charge in [0.1, 0.15) is 17.3 Å². The van der Waals surface area contributed by atoms with Gasteiger partial charge in [0.25, 0.3) is 0 Å². The second-order valence-electron chi connectivity index (χ2n) is 4.52. The number of benzene rings is 1. The molecule has 3 aromatic rings. The molecule has 0 bridgehead atoms. The van der Waals surface area contributed by atoms with Gasteiger partial charge in [0.05, 0.1) is 7.11 Å². The van der Waals surface area contributed by atoms with Crippen LogP contribution in [0, 0.1) is 13.8 Å². The fourth-order valence-electron chi connectivity index (χ4n) is 2.21. The van der Waals surface area contributed by atoms with Crippen molar-refractivity contribution in [2.45, 2.75) is 13.8 Å². The predicted molar refractivity (Wildman–Crippen MR) is 78.9 cm³/mol. The average Bonchev–Trinajstić information content (AvgIpc) is 2.88. The minimum atomic E-state index is 0.684. The van der Waals surface area contributed by atoms with Crippen molar-refractivity contribution in [2.75, 3.05) is 12.8 Å². The van der Waals surface area contributed by atoms with Crippen molar-refractivity contribution < 1.29 is 4.74 Å². The molecule has 0 aliphatic heterocycles. The molecule has 0 spiro atoms. The topological polar surface area (TPSA) is 52.5 Å². The van der Waals surface area contributed by atoms with Gasteiger partial charge in [-0.25, -0.2) is 4.98 Å². The number of nitrogens with two attached hydrogens (primary N) is 1. The maximum Gasteiger partial charge on any atom is 0.196 e. The van der Waals surface area contributed by atoms with E-state index in [0.717, 1.165) is 27.5 Å². The Balaban J connectivity index is 2.16. The molecule has 0 atom stereocenters. The molecular formula is C14H15N3OS. The molecule has 1 aromatic carbocycles. The number of methoxy groups -OCH3 is 1. The van der Waals surface area contributed by atoms with Crippen molar-refractivity contribution in [1.29, 1.82) is 0 Å². The quantitative estimate of drug-likeness (QED) is 0.779. The molecular weight excluding hydrogens is 258 g/mol. The van der Waals surface area contributed by atoms with Crippen LogP contribution in [0.4, 0.5) is 5.82 Å². The molecule has 5 heteroatoms. The Morgan fingerprint density at radius 2 is 2.11 bits per heavy atom. The first kappa shape index (κ1) is 12.0. The Morgan fingerprint density at radius 3 is 2.74 bits per heavy atom. The third kappa shape index (κ3) is 1.86. The van der Waals surface area contributed by atoms with Crippen LogP contribution in [0.5, 0.6) is 5.75 Å². The maximum absolute atomic E-state index is 6.18. The number of imidazole rings is 1. The third-order valence-corrected chi connectivity index (χ3v) is 4.05. The number of hydrogen-bond acceptors (Lipinski definition) is 4. The highest BCUT2D eigenvalue weighted by molar-refractivity contribution is 7.17. The van der Waals surface area contributed by atoms with Crippen molar-refractivity contribution in [3.63, 3.8) is 0 Å². The van der Waals surface area contributed by atoms with Gasteiger partial charge in [-0.05, 0) is 37.6 Å². The molecule has 0 aliphatic rings. The normalized spacial score (nSPS) is 11.1. The SMILES string of the molecule is COc1ccc(-c2nc3sc(C)cn3c2N)cc1C. The number of rotatable bonds is 2. The Bertz CT molecular complexity index is 757. The predicted octanol–water partition coefficient (Wildman–Crippen LogP) is 3.27. The van der Waals surface area contributed by atoms with E-state index in [1.54, 1.807) is 18.4 Å². The smallest absolute Gasteiger partial charge is 0.196 e. The zero-order valence-electron chi connectivity index (χ0n) is 11.1. The van der Waals surface area contributed by atoms with Crippen LogP contribution in [0.25, 0.3) is 16.2 Å². The number of anilines is 1. The first-order valence-electron chi connectivity index (χ1n) is 5.99. The summed E-state index contributed by atoms with van der Waals surface area (Å²) in [6, 6.07) is 5.98. The fourth-order valence-corrected chi connectivity index (χ4v) is 3.04. The van der Waals surface area contributed by atoms with E-state index in [9.17, 15) is 0 Å². The van der Waals surface area contributed by atoms with E-state index >= 15 is 0 Å². The maximum atomic E-state index is 6.18. The first-order valence-corrected chi connectivity index (χ1v) is 6.81. The molecule has 0 fully saturated rings. The Morgan fingerprint density at radius 1 is 1.32 bits per heavy atom. The van der Waals surface area contributed by atoms with Crippen LogP contribution in [0.2, 0.25) is 0 Å². The Labute approximate surface area is 115 Å². The van der Waals surface area contributed by atoms with E-state index in [4.69, 9.17) is 10.5 Å². The molecule has 2 aromatic heterocycles. The highest BCUT2D eigenvalue weighted by Crippen LogP contribution is 2.32. The van der Waals surface area contributed by atoms with Crippen LogP contribution in [0.15, 0.2) is 24.4 Å². The lowest BCUT2D eigenvalue weighted by Crippen LogP contribution is -1.93. The summed E-state index contributed by atoms with van der Waals surface area (Å²) >= 11 is 1.64. The van der Waals surface area contributed by atoms with E-state index in [-0.39, 0.29) is 0 Å². The summed E-state index contributed by atoms with van der Waals surface area (Å²) in [5, 5.41) is 0. The Kier molecular flexibility index (Phi) is 2.71. The largest absolute Gasteiger partial charge is 0.496 e. The van der Waals surface area contributed by atoms with Gasteiger partial charge < -0.3 is 10.5 Å². The van der Waals surface area contributed by atoms with E-state index in [2.05, 4.69) is 18.0 Å². The highest BCUT2D eigenvalue weighted by atomic mass is 32.1. The number of thiazole rings is 1. The van der Waals surface area contributed by atoms with Gasteiger partial charge in [-0.3, -0.25) is 4.40 Å². The van der Waals surface area contributed by atoms with Crippen molar-refractivity contribution in [3.8, 4) is 17.0 Å². The molecule has 19 heavy (non-hydrogen) atoms. The summed E-state index contributed by atoms with van der Waals surface area (Å²) in [5.41, 5.74) is 9.11. The molecule has 0 saturated heterocycles. The molecule has 0 saturated carbocycles. The minimum Gasteiger partial charge on any atom is -0.496 e. The van der Waals surface area contributed by atoms with Gasteiger partial charge >= 0.3 is 0 Å². The van der Waals surface area contributed by atoms with Crippen LogP contribution in [-0.4, -0.2) is 16.5 Å². The first-order chi connectivity index (χ1) is 9.10. The number of aromatic nitrogens is 2. The zero-order chi connectivity index (χ0) is 13.6. The Hall–Kier alpha value is -2.01. The molecule has 0 unspecified atom stereocenters. The average molecular weight is 273 g/mol. The summed E-state index contributed by atoms with van der Waals surface area (Å²) in [4.78, 5) is 6.75. The summed E-state index contributed by atoms with van der Waals surface area (Å²) in [6.45, 7) is 4.07. The lowest BCUT2D eigenvalue weighted by molar-refractivity contribution is 0.412. The number of hydrogen-bond donors (Lipinski definition) is 1. The van der Waals surface area contributed by atoms with Crippen LogP contribution < -0.4 is 10.5 Å². The van der Waals surface area contributed by atoms with Crippen LogP contribution in [0.3, 0.4) is 0 Å². The number of ether oxygens (including phenoxy) is 1. The van der Waals surface area contributed by atoms with Crippen molar-refractivity contribution in [3.05, 3.63) is 34.8 Å². The summed E-state index contributed by atoms with van der Waals surface area (Å²) in [5.74, 6) is 1.56. The zero-order valence-corrected chi connectivity index (χ0v) is 11.9. The molecule has 2 heterocycles. The second-order valence-corrected chi connectivity index (χ2v) is 5.74. The molecule has 0 aliphatic carbocycles. The van der Waals surface area contributed by atoms with Gasteiger partial charge in [0, 0.05) is 16.6 Å². The van der Waals surface area contributed by atoms with Crippen LogP contribution in [0.1, 0.15) is 10.4 Å². The number of aryl methyl sites for hydroxylation is 2. The number of fused-ring (bicyclic) bond motifs is 1. The lowest BCUT2D eigenvalue weighted by atomic mass is 10.1. The number of nitrogen functional groups attached to an aromatic ring is 1. The van der Waals surface area contributed by atoms with Gasteiger partial charge in [-0.2, -0.15) is 0 Å². The highest BCUT2D eigenvalue weighted by Gasteiger charge is 2.14. The van der Waals surface area contributed by atoms with E-state index in [1.807, 2.05) is 29.7 Å². The fraction of sp³-hybridized carbons (Fsp3) is 0.214. The van der Waals surface area contributed by atoms with Gasteiger partial charge in [0.2, 0.25) is 0 Å². The van der Waals surface area contributed by atoms with Gasteiger partial charge in [-0.15, -0.1) is 11.3 Å². The molecule has 98 valence electrons. The second kappa shape index (κ2) is 4.28. The van der Waals surface area contributed by atoms with Crippen molar-refractivity contribution in [1.82, 2.24) is 9.38 Å². The van der Waals surface area contributed by atoms with Crippen LogP contribution >= 0.6 is 11.3 Å². The molecule has 0 amide bonds. The van der Waals surface area contributed by atoms with E-state index in [0.29, 0.717) is 5.82 Å². The molecule has 2 N–H and O–H groups in total. The minimum absolute atomic E-state index is 0.684. The molecule has 4 nitrogen and oxygen atoms in total. The standard InChI is InChI=1S/C14H15N3OS/c1-8-6-10(4-5-11(8)18-3)12-13(15)17-7-9(2)19-14(17)16-12/h4-7H,15H2,1-3H3. The molecule has 3 rings (SSSR count). The monoisotopic (exact) mass is 273 g/mol. The van der Waals surface area contributed by atoms with E-state index < -0.39 is 0 Å². The third-order valence-electron chi connectivity index (χ3n) is 3.15. The van der Waals surface area contributed by atoms with E-state index in [1.165, 1.54) is 4.88 Å². The van der Waals surface area contributed by atoms with Gasteiger partial charge in [0.15, 0.2) is 4.96 Å². The molecule has 0 radical (unpaired) electrons.